The molecule has 2 aromatic heterocycles. The van der Waals surface area contributed by atoms with Gasteiger partial charge in [0.1, 0.15) is 4.70 Å². The highest BCUT2D eigenvalue weighted by Crippen LogP contribution is 2.40. The number of fused-ring (bicyclic) bond motifs is 3. The molecule has 0 saturated heterocycles. The number of nitrogens with one attached hydrogen (secondary N) is 1. The van der Waals surface area contributed by atoms with Crippen molar-refractivity contribution in [3.8, 4) is 11.1 Å². The SMILES string of the molecule is CC(N)c1ccc(-c2c(C(F)F)ccc3[nH]c(=O)c4sccc4c23)cc1. The number of benzene rings is 2. The van der Waals surface area contributed by atoms with E-state index in [2.05, 4.69) is 4.98 Å². The van der Waals surface area contributed by atoms with Gasteiger partial charge in [0, 0.05) is 33.5 Å². The Morgan fingerprint density at radius 3 is 2.46 bits per heavy atom. The molecule has 1 atom stereocenters. The second-order valence-electron chi connectivity index (χ2n) is 6.28. The van der Waals surface area contributed by atoms with Crippen LogP contribution in [0.25, 0.3) is 32.1 Å². The van der Waals surface area contributed by atoms with E-state index in [0.717, 1.165) is 5.56 Å². The average Bonchev–Trinajstić information content (AvgIpc) is 3.11. The molecular weight excluding hydrogens is 354 g/mol. The van der Waals surface area contributed by atoms with Gasteiger partial charge in [-0.05, 0) is 35.6 Å². The van der Waals surface area contributed by atoms with Gasteiger partial charge in [-0.3, -0.25) is 4.79 Å². The van der Waals surface area contributed by atoms with Crippen molar-refractivity contribution in [1.29, 1.82) is 0 Å². The van der Waals surface area contributed by atoms with Gasteiger partial charge in [0.05, 0.1) is 0 Å². The number of halogens is 2. The molecular formula is C20H16F2N2OS. The molecule has 2 aromatic carbocycles. The number of nitrogens with two attached hydrogens (primary N) is 1. The van der Waals surface area contributed by atoms with Crippen LogP contribution < -0.4 is 11.3 Å². The Balaban J connectivity index is 2.12. The van der Waals surface area contributed by atoms with Gasteiger partial charge in [-0.2, -0.15) is 0 Å². The number of alkyl halides is 2. The first kappa shape index (κ1) is 16.9. The second kappa shape index (κ2) is 6.30. The van der Waals surface area contributed by atoms with Crippen molar-refractivity contribution in [3.63, 3.8) is 0 Å². The molecule has 2 heterocycles. The van der Waals surface area contributed by atoms with Gasteiger partial charge in [0.2, 0.25) is 0 Å². The van der Waals surface area contributed by atoms with Gasteiger partial charge in [-0.15, -0.1) is 11.3 Å². The summed E-state index contributed by atoms with van der Waals surface area (Å²) in [5.74, 6) is 0. The summed E-state index contributed by atoms with van der Waals surface area (Å²) in [6, 6.07) is 11.9. The predicted molar refractivity (Wildman–Crippen MR) is 103 cm³/mol. The Hall–Kier alpha value is -2.57. The summed E-state index contributed by atoms with van der Waals surface area (Å²) in [4.78, 5) is 15.0. The van der Waals surface area contributed by atoms with Crippen LogP contribution in [0.5, 0.6) is 0 Å². The summed E-state index contributed by atoms with van der Waals surface area (Å²) in [5.41, 5.74) is 8.25. The van der Waals surface area contributed by atoms with Crippen molar-refractivity contribution in [1.82, 2.24) is 4.98 Å². The van der Waals surface area contributed by atoms with E-state index in [0.29, 0.717) is 32.1 Å². The van der Waals surface area contributed by atoms with Crippen LogP contribution in [-0.4, -0.2) is 4.98 Å². The molecule has 132 valence electrons. The van der Waals surface area contributed by atoms with Gasteiger partial charge in [0.25, 0.3) is 12.0 Å². The molecule has 0 aliphatic carbocycles. The monoisotopic (exact) mass is 370 g/mol. The minimum absolute atomic E-state index is 0.0504. The van der Waals surface area contributed by atoms with Crippen LogP contribution >= 0.6 is 11.3 Å². The third-order valence-corrected chi connectivity index (χ3v) is 5.50. The maximum atomic E-state index is 13.8. The average molecular weight is 370 g/mol. The van der Waals surface area contributed by atoms with Gasteiger partial charge < -0.3 is 10.7 Å². The molecule has 4 aromatic rings. The third kappa shape index (κ3) is 2.62. The number of aromatic amines is 1. The maximum absolute atomic E-state index is 13.8. The first-order chi connectivity index (χ1) is 12.5. The zero-order valence-corrected chi connectivity index (χ0v) is 14.7. The number of aromatic nitrogens is 1. The first-order valence-electron chi connectivity index (χ1n) is 8.17. The molecule has 0 saturated carbocycles. The summed E-state index contributed by atoms with van der Waals surface area (Å²) >= 11 is 1.31. The van der Waals surface area contributed by atoms with Crippen LogP contribution in [0, 0.1) is 0 Å². The second-order valence-corrected chi connectivity index (χ2v) is 7.20. The molecule has 3 nitrogen and oxygen atoms in total. The van der Waals surface area contributed by atoms with E-state index in [1.807, 2.05) is 37.3 Å². The highest BCUT2D eigenvalue weighted by Gasteiger charge is 2.20. The highest BCUT2D eigenvalue weighted by atomic mass is 32.1. The van der Waals surface area contributed by atoms with Gasteiger partial charge in [0.15, 0.2) is 0 Å². The Kier molecular flexibility index (Phi) is 4.09. The molecule has 0 aliphatic heterocycles. The van der Waals surface area contributed by atoms with Crippen LogP contribution in [-0.2, 0) is 0 Å². The normalized spacial score (nSPS) is 13.0. The molecule has 0 amide bonds. The fourth-order valence-corrected chi connectivity index (χ4v) is 4.11. The lowest BCUT2D eigenvalue weighted by molar-refractivity contribution is 0.152. The third-order valence-electron chi connectivity index (χ3n) is 4.59. The zero-order chi connectivity index (χ0) is 18.4. The Morgan fingerprint density at radius 1 is 1.08 bits per heavy atom. The summed E-state index contributed by atoms with van der Waals surface area (Å²) in [5, 5.41) is 3.15. The van der Waals surface area contributed by atoms with E-state index in [1.165, 1.54) is 17.4 Å². The molecule has 6 heteroatoms. The van der Waals surface area contributed by atoms with Crippen molar-refractivity contribution < 1.29 is 8.78 Å². The van der Waals surface area contributed by atoms with Crippen LogP contribution in [0.15, 0.2) is 52.6 Å². The number of thiophene rings is 1. The van der Waals surface area contributed by atoms with Crippen molar-refractivity contribution in [3.05, 3.63) is 69.3 Å². The quantitative estimate of drug-likeness (QED) is 0.509. The number of H-pyrrole nitrogens is 1. The number of pyridine rings is 1. The van der Waals surface area contributed by atoms with E-state index in [4.69, 9.17) is 5.73 Å². The van der Waals surface area contributed by atoms with Crippen LogP contribution in [0.3, 0.4) is 0 Å². The van der Waals surface area contributed by atoms with E-state index in [1.54, 1.807) is 11.4 Å². The molecule has 26 heavy (non-hydrogen) atoms. The Morgan fingerprint density at radius 2 is 1.81 bits per heavy atom. The molecule has 0 radical (unpaired) electrons. The molecule has 4 rings (SSSR count). The molecule has 0 fully saturated rings. The minimum atomic E-state index is -2.62. The summed E-state index contributed by atoms with van der Waals surface area (Å²) in [7, 11) is 0. The van der Waals surface area contributed by atoms with Crippen molar-refractivity contribution in [2.75, 3.05) is 0 Å². The Bertz CT molecular complexity index is 1160. The van der Waals surface area contributed by atoms with E-state index in [9.17, 15) is 13.6 Å². The van der Waals surface area contributed by atoms with Crippen molar-refractivity contribution in [2.24, 2.45) is 5.73 Å². The highest BCUT2D eigenvalue weighted by molar-refractivity contribution is 7.17. The summed E-state index contributed by atoms with van der Waals surface area (Å²) in [6.07, 6.45) is -2.62. The number of hydrogen-bond donors (Lipinski definition) is 2. The van der Waals surface area contributed by atoms with E-state index < -0.39 is 6.43 Å². The van der Waals surface area contributed by atoms with Gasteiger partial charge in [-0.1, -0.05) is 30.3 Å². The summed E-state index contributed by atoms with van der Waals surface area (Å²) < 4.78 is 28.1. The van der Waals surface area contributed by atoms with Crippen molar-refractivity contribution >= 4 is 32.3 Å². The predicted octanol–water partition coefficient (Wildman–Crippen LogP) is 5.37. The maximum Gasteiger partial charge on any atom is 0.266 e. The Labute approximate surface area is 152 Å². The van der Waals surface area contributed by atoms with Crippen LogP contribution in [0.2, 0.25) is 0 Å². The topological polar surface area (TPSA) is 58.9 Å². The first-order valence-corrected chi connectivity index (χ1v) is 9.05. The minimum Gasteiger partial charge on any atom is -0.324 e. The fraction of sp³-hybridized carbons (Fsp3) is 0.150. The van der Waals surface area contributed by atoms with Crippen LogP contribution in [0.1, 0.15) is 30.5 Å². The number of hydrogen-bond acceptors (Lipinski definition) is 3. The van der Waals surface area contributed by atoms with Gasteiger partial charge >= 0.3 is 0 Å². The lowest BCUT2D eigenvalue weighted by Crippen LogP contribution is -2.06. The summed E-state index contributed by atoms with van der Waals surface area (Å²) in [6.45, 7) is 1.87. The van der Waals surface area contributed by atoms with Crippen molar-refractivity contribution in [2.45, 2.75) is 19.4 Å². The standard InChI is InChI=1S/C20H16F2N2OS/c1-10(23)11-2-4-12(5-3-11)16-14(19(21)22)6-7-15-17(16)13-8-9-26-18(13)20(25)24-15/h2-10,19H,23H2,1H3,(H,24,25). The van der Waals surface area contributed by atoms with E-state index in [-0.39, 0.29) is 17.2 Å². The largest absolute Gasteiger partial charge is 0.324 e. The lowest BCUT2D eigenvalue weighted by Gasteiger charge is -2.15. The fourth-order valence-electron chi connectivity index (χ4n) is 3.31. The van der Waals surface area contributed by atoms with E-state index >= 15 is 0 Å². The molecule has 0 bridgehead atoms. The molecule has 0 aliphatic rings. The molecule has 0 spiro atoms. The molecule has 3 N–H and O–H groups in total. The zero-order valence-electron chi connectivity index (χ0n) is 13.9. The lowest BCUT2D eigenvalue weighted by atomic mass is 9.92. The smallest absolute Gasteiger partial charge is 0.266 e. The van der Waals surface area contributed by atoms with Gasteiger partial charge in [-0.25, -0.2) is 8.78 Å². The van der Waals surface area contributed by atoms with Crippen LogP contribution in [0.4, 0.5) is 8.78 Å². The number of rotatable bonds is 3. The molecule has 1 unspecified atom stereocenters.